The van der Waals surface area contributed by atoms with E-state index in [4.69, 9.17) is 25.9 Å². The van der Waals surface area contributed by atoms with E-state index in [1.807, 2.05) is 91.0 Å². The first kappa shape index (κ1) is 41.0. The minimum absolute atomic E-state index is 0.368. The number of hydrogen-bond acceptors (Lipinski definition) is 7. The molecule has 9 heteroatoms. The molecule has 9 aromatic carbocycles. The van der Waals surface area contributed by atoms with Crippen molar-refractivity contribution in [3.8, 4) is 91.4 Å². The van der Waals surface area contributed by atoms with E-state index < -0.39 is 0 Å². The van der Waals surface area contributed by atoms with Crippen molar-refractivity contribution in [2.75, 3.05) is 0 Å². The Morgan fingerprint density at radius 3 is 1.49 bits per heavy atom. The minimum atomic E-state index is 0.368. The summed E-state index contributed by atoms with van der Waals surface area (Å²) < 4.78 is 8.59. The maximum atomic E-state index is 9.97. The molecular formula is C61H32N8O. The summed E-state index contributed by atoms with van der Waals surface area (Å²) in [6.45, 7) is 7.81. The lowest BCUT2D eigenvalue weighted by Gasteiger charge is -2.17. The van der Waals surface area contributed by atoms with Gasteiger partial charge in [0.1, 0.15) is 11.2 Å². The molecular weight excluding hydrogens is 861 g/mol. The molecule has 0 unspecified atom stereocenters. The van der Waals surface area contributed by atoms with Crippen LogP contribution in [0.5, 0.6) is 0 Å². The van der Waals surface area contributed by atoms with E-state index in [1.165, 1.54) is 0 Å². The smallest absolute Gasteiger partial charge is 0.189 e. The highest BCUT2D eigenvalue weighted by Gasteiger charge is 2.22. The molecule has 0 aliphatic heterocycles. The van der Waals surface area contributed by atoms with Gasteiger partial charge in [-0.3, -0.25) is 0 Å². The number of rotatable bonds is 7. The van der Waals surface area contributed by atoms with Crippen molar-refractivity contribution in [2.24, 2.45) is 0 Å². The number of nitrogens with zero attached hydrogens (tertiary/aromatic N) is 8. The SMILES string of the molecule is [C-]#[N+]c1cc(C#N)cc(-c2ccc3c4ccc(-c5cc(C#N)cc(C#N)c5)cc4n(-c4ccc(-c5ccc6c(c5)oc5ccccc56)cc4-c4nc(-c5ccccc5)nc(-c5ccccc5)n4)c3c2)c1. The van der Waals surface area contributed by atoms with Crippen LogP contribution in [0.2, 0.25) is 0 Å². The van der Waals surface area contributed by atoms with Gasteiger partial charge in [-0.15, -0.1) is 0 Å². The van der Waals surface area contributed by atoms with Crippen molar-refractivity contribution in [3.05, 3.63) is 222 Å². The highest BCUT2D eigenvalue weighted by atomic mass is 16.3. The molecule has 0 amide bonds. The molecule has 12 rings (SSSR count). The van der Waals surface area contributed by atoms with Crippen molar-refractivity contribution in [1.82, 2.24) is 19.5 Å². The van der Waals surface area contributed by atoms with E-state index >= 15 is 0 Å². The van der Waals surface area contributed by atoms with Crippen LogP contribution in [0.15, 0.2) is 199 Å². The van der Waals surface area contributed by atoms with Gasteiger partial charge in [-0.2, -0.15) is 15.8 Å². The minimum Gasteiger partial charge on any atom is -0.456 e. The molecule has 9 nitrogen and oxygen atoms in total. The standard InChI is InChI=1S/C61H32N8O/c1-65-48-28-39(36-64)27-47(29-48)44-17-21-50-49-20-16-43(46-25-37(34-62)24-38(26-46)35-63)31-55(49)69(56(50)32-44)54-23-19-42(45-18-22-52-51-14-8-9-15-57(51)70-58(52)33-45)30-53(54)61-67-59(40-10-4-2-5-11-40)66-60(68-61)41-12-6-3-7-13-41/h2-33H. The van der Waals surface area contributed by atoms with E-state index in [0.29, 0.717) is 45.4 Å². The van der Waals surface area contributed by atoms with Crippen LogP contribution in [0.3, 0.4) is 0 Å². The van der Waals surface area contributed by atoms with Crippen LogP contribution in [0.25, 0.3) is 122 Å². The lowest BCUT2D eigenvalue weighted by molar-refractivity contribution is 0.669. The monoisotopic (exact) mass is 892 g/mol. The van der Waals surface area contributed by atoms with Gasteiger partial charge in [-0.05, 0) is 112 Å². The first-order valence-electron chi connectivity index (χ1n) is 22.4. The molecule has 0 atom stereocenters. The quantitative estimate of drug-likeness (QED) is 0.145. The third kappa shape index (κ3) is 7.14. The second kappa shape index (κ2) is 16.8. The number of aromatic nitrogens is 4. The Labute approximate surface area is 401 Å². The predicted octanol–water partition coefficient (Wildman–Crippen LogP) is 15.0. The van der Waals surface area contributed by atoms with Gasteiger partial charge >= 0.3 is 0 Å². The van der Waals surface area contributed by atoms with Gasteiger partial charge in [-0.25, -0.2) is 19.8 Å². The number of para-hydroxylation sites is 1. The fourth-order valence-electron chi connectivity index (χ4n) is 9.39. The topological polar surface area (TPSA) is 132 Å². The molecule has 0 radical (unpaired) electrons. The van der Waals surface area contributed by atoms with E-state index in [9.17, 15) is 15.8 Å². The van der Waals surface area contributed by atoms with Gasteiger partial charge in [0, 0.05) is 43.8 Å². The first-order valence-corrected chi connectivity index (χ1v) is 22.4. The molecule has 0 N–H and O–H groups in total. The second-order valence-corrected chi connectivity index (χ2v) is 16.9. The van der Waals surface area contributed by atoms with Gasteiger partial charge in [0.25, 0.3) is 0 Å². The Balaban J connectivity index is 1.18. The summed E-state index contributed by atoms with van der Waals surface area (Å²) in [4.78, 5) is 19.3. The van der Waals surface area contributed by atoms with Gasteiger partial charge < -0.3 is 8.98 Å². The lowest BCUT2D eigenvalue weighted by atomic mass is 9.98. The Bertz CT molecular complexity index is 4040. The molecule has 0 bridgehead atoms. The van der Waals surface area contributed by atoms with Crippen LogP contribution < -0.4 is 0 Å². The zero-order valence-electron chi connectivity index (χ0n) is 37.0. The Kier molecular flexibility index (Phi) is 9.82. The van der Waals surface area contributed by atoms with Crippen LogP contribution in [-0.2, 0) is 0 Å². The molecule has 0 saturated carbocycles. The van der Waals surface area contributed by atoms with Gasteiger partial charge in [0.05, 0.1) is 52.6 Å². The van der Waals surface area contributed by atoms with Gasteiger partial charge in [0.2, 0.25) is 0 Å². The van der Waals surface area contributed by atoms with E-state index in [0.717, 1.165) is 93.9 Å². The summed E-state index contributed by atoms with van der Waals surface area (Å²) >= 11 is 0. The van der Waals surface area contributed by atoms with Gasteiger partial charge in [0.15, 0.2) is 23.2 Å². The molecule has 0 aliphatic carbocycles. The summed E-state index contributed by atoms with van der Waals surface area (Å²) in [7, 11) is 0. The number of benzene rings is 9. The van der Waals surface area contributed by atoms with E-state index in [-0.39, 0.29) is 0 Å². The molecule has 0 fully saturated rings. The fraction of sp³-hybridized carbons (Fsp3) is 0. The Hall–Kier alpha value is -10.5. The largest absolute Gasteiger partial charge is 0.456 e. The summed E-state index contributed by atoms with van der Waals surface area (Å²) in [6, 6.07) is 69.8. The average molecular weight is 893 g/mol. The number of hydrogen-bond donors (Lipinski definition) is 0. The maximum Gasteiger partial charge on any atom is 0.189 e. The van der Waals surface area contributed by atoms with Crippen LogP contribution in [0.4, 0.5) is 5.69 Å². The number of furan rings is 1. The molecule has 3 heterocycles. The third-order valence-electron chi connectivity index (χ3n) is 12.7. The number of nitriles is 3. The summed E-state index contributed by atoms with van der Waals surface area (Å²) in [5.74, 6) is 1.46. The van der Waals surface area contributed by atoms with Crippen molar-refractivity contribution < 1.29 is 4.42 Å². The zero-order chi connectivity index (χ0) is 47.3. The predicted molar refractivity (Wildman–Crippen MR) is 274 cm³/mol. The fourth-order valence-corrected chi connectivity index (χ4v) is 9.39. The third-order valence-corrected chi connectivity index (χ3v) is 12.7. The molecule has 0 spiro atoms. The first-order chi connectivity index (χ1) is 34.4. The Morgan fingerprint density at radius 2 is 0.886 bits per heavy atom. The number of fused-ring (bicyclic) bond motifs is 6. The molecule has 0 saturated heterocycles. The highest BCUT2D eigenvalue weighted by molar-refractivity contribution is 6.12. The summed E-state index contributed by atoms with van der Waals surface area (Å²) in [5, 5.41) is 33.9. The van der Waals surface area contributed by atoms with E-state index in [2.05, 4.69) is 94.3 Å². The highest BCUT2D eigenvalue weighted by Crippen LogP contribution is 2.42. The lowest BCUT2D eigenvalue weighted by Crippen LogP contribution is -2.04. The normalized spacial score (nSPS) is 11.1. The van der Waals surface area contributed by atoms with Crippen molar-refractivity contribution in [2.45, 2.75) is 0 Å². The van der Waals surface area contributed by atoms with Crippen LogP contribution >= 0.6 is 0 Å². The van der Waals surface area contributed by atoms with Gasteiger partial charge in [-0.1, -0.05) is 115 Å². The maximum absolute atomic E-state index is 9.97. The van der Waals surface area contributed by atoms with Crippen molar-refractivity contribution >= 4 is 49.4 Å². The zero-order valence-corrected chi connectivity index (χ0v) is 37.0. The van der Waals surface area contributed by atoms with Crippen LogP contribution in [0.1, 0.15) is 16.7 Å². The molecule has 12 aromatic rings. The van der Waals surface area contributed by atoms with Crippen LogP contribution in [-0.4, -0.2) is 19.5 Å². The molecule has 322 valence electrons. The Morgan fingerprint density at radius 1 is 0.400 bits per heavy atom. The summed E-state index contributed by atoms with van der Waals surface area (Å²) in [6.07, 6.45) is 0. The van der Waals surface area contributed by atoms with Crippen molar-refractivity contribution in [1.29, 1.82) is 15.8 Å². The average Bonchev–Trinajstić information content (AvgIpc) is 3.97. The van der Waals surface area contributed by atoms with E-state index in [1.54, 1.807) is 36.4 Å². The second-order valence-electron chi connectivity index (χ2n) is 16.9. The van der Waals surface area contributed by atoms with Crippen molar-refractivity contribution in [3.63, 3.8) is 0 Å². The summed E-state index contributed by atoms with van der Waals surface area (Å²) in [5.41, 5.74) is 12.9. The molecule has 70 heavy (non-hydrogen) atoms. The molecule has 0 aliphatic rings. The molecule has 3 aromatic heterocycles. The van der Waals surface area contributed by atoms with Crippen LogP contribution in [0, 0.1) is 40.6 Å².